The molecule has 0 spiro atoms. The molecule has 36 heavy (non-hydrogen) atoms. The predicted octanol–water partition coefficient (Wildman–Crippen LogP) is 4.52. The minimum absolute atomic E-state index is 0.0464. The molecule has 12 heteroatoms. The summed E-state index contributed by atoms with van der Waals surface area (Å²) in [5.74, 6) is -2.60. The van der Waals surface area contributed by atoms with Gasteiger partial charge in [0.1, 0.15) is 22.1 Å². The lowest BCUT2D eigenvalue weighted by molar-refractivity contribution is 0.0779. The zero-order chi connectivity index (χ0) is 26.4. The van der Waals surface area contributed by atoms with Gasteiger partial charge in [0.15, 0.2) is 0 Å². The number of primary amides is 1. The minimum atomic E-state index is -4.47. The third kappa shape index (κ3) is 4.55. The molecule has 2 amide bonds. The molecule has 2 aromatic carbocycles. The molecule has 0 aliphatic rings. The number of aromatic nitrogens is 2. The summed E-state index contributed by atoms with van der Waals surface area (Å²) in [6.07, 6.45) is 1.64. The first-order valence-electron chi connectivity index (χ1n) is 10.4. The summed E-state index contributed by atoms with van der Waals surface area (Å²) in [5, 5.41) is 0.986. The van der Waals surface area contributed by atoms with Crippen molar-refractivity contribution in [1.82, 2.24) is 14.9 Å². The van der Waals surface area contributed by atoms with Gasteiger partial charge < -0.3 is 15.6 Å². The largest absolute Gasteiger partial charge is 0.364 e. The van der Waals surface area contributed by atoms with Crippen molar-refractivity contribution in [3.8, 4) is 0 Å². The summed E-state index contributed by atoms with van der Waals surface area (Å²) in [5.41, 5.74) is 6.04. The number of sulfone groups is 1. The Balaban J connectivity index is 1.75. The lowest BCUT2D eigenvalue weighted by atomic mass is 10.1. The lowest BCUT2D eigenvalue weighted by Crippen LogP contribution is -2.27. The number of nitrogens with zero attached hydrogens (tertiary/aromatic N) is 2. The molecular formula is C24H19Cl2FN4O4S. The van der Waals surface area contributed by atoms with Crippen molar-refractivity contribution in [2.24, 2.45) is 5.73 Å². The summed E-state index contributed by atoms with van der Waals surface area (Å²) in [7, 11) is -2.98. The third-order valence-electron chi connectivity index (χ3n) is 5.62. The second kappa shape index (κ2) is 9.53. The SMILES string of the molecule is Cc1c(C(=O)N(C)Cc2ccc3ncccc3c2Cl)[nH]c(C(N)=O)c1S(=O)(=O)c1cc(F)cc(Cl)c1. The standard InChI is InChI=1S/C24H19Cl2FN4O4S/c1-12-20(24(33)31(2)11-13-5-6-18-17(19(13)26)4-3-7-29-18)30-21(23(28)32)22(12)36(34,35)16-9-14(25)8-15(27)10-16/h3-10,30H,11H2,1-2H3,(H2,28,32). The molecule has 0 saturated carbocycles. The van der Waals surface area contributed by atoms with E-state index in [0.29, 0.717) is 21.5 Å². The number of pyridine rings is 1. The van der Waals surface area contributed by atoms with Gasteiger partial charge >= 0.3 is 0 Å². The first kappa shape index (κ1) is 25.6. The number of aromatic amines is 1. The molecule has 0 atom stereocenters. The first-order chi connectivity index (χ1) is 16.9. The van der Waals surface area contributed by atoms with Crippen molar-refractivity contribution >= 4 is 55.8 Å². The number of hydrogen-bond acceptors (Lipinski definition) is 5. The van der Waals surface area contributed by atoms with Crippen LogP contribution in [0.3, 0.4) is 0 Å². The van der Waals surface area contributed by atoms with E-state index in [9.17, 15) is 22.4 Å². The predicted molar refractivity (Wildman–Crippen MR) is 133 cm³/mol. The van der Waals surface area contributed by atoms with E-state index >= 15 is 0 Å². The molecule has 0 aliphatic carbocycles. The van der Waals surface area contributed by atoms with Crippen LogP contribution in [0.15, 0.2) is 58.5 Å². The number of amides is 2. The van der Waals surface area contributed by atoms with Crippen LogP contribution in [0.25, 0.3) is 10.9 Å². The van der Waals surface area contributed by atoms with Crippen molar-refractivity contribution in [3.05, 3.63) is 87.0 Å². The van der Waals surface area contributed by atoms with Gasteiger partial charge in [-0.2, -0.15) is 0 Å². The summed E-state index contributed by atoms with van der Waals surface area (Å²) in [6.45, 7) is 1.43. The normalized spacial score (nSPS) is 11.6. The van der Waals surface area contributed by atoms with E-state index < -0.39 is 43.0 Å². The fraction of sp³-hybridized carbons (Fsp3) is 0.125. The maximum absolute atomic E-state index is 13.9. The van der Waals surface area contributed by atoms with Crippen LogP contribution in [0, 0.1) is 12.7 Å². The third-order valence-corrected chi connectivity index (χ3v) is 8.19. The van der Waals surface area contributed by atoms with Gasteiger partial charge in [-0.25, -0.2) is 12.8 Å². The highest BCUT2D eigenvalue weighted by Gasteiger charge is 2.33. The number of rotatable bonds is 6. The van der Waals surface area contributed by atoms with E-state index in [1.807, 2.05) is 0 Å². The Morgan fingerprint density at radius 2 is 1.86 bits per heavy atom. The monoisotopic (exact) mass is 548 g/mol. The van der Waals surface area contributed by atoms with Crippen molar-refractivity contribution in [2.45, 2.75) is 23.3 Å². The zero-order valence-electron chi connectivity index (χ0n) is 19.0. The van der Waals surface area contributed by atoms with Gasteiger partial charge in [-0.05, 0) is 54.4 Å². The lowest BCUT2D eigenvalue weighted by Gasteiger charge is -2.18. The number of benzene rings is 2. The number of carbonyl (C=O) groups is 2. The van der Waals surface area contributed by atoms with Crippen LogP contribution in [-0.2, 0) is 16.4 Å². The number of halogens is 3. The van der Waals surface area contributed by atoms with E-state index in [4.69, 9.17) is 28.9 Å². The average Bonchev–Trinajstić information content (AvgIpc) is 3.18. The van der Waals surface area contributed by atoms with Crippen LogP contribution in [0.5, 0.6) is 0 Å². The Labute approximate surface area is 215 Å². The van der Waals surface area contributed by atoms with Crippen LogP contribution in [-0.4, -0.2) is 42.1 Å². The highest BCUT2D eigenvalue weighted by molar-refractivity contribution is 7.91. The number of hydrogen-bond donors (Lipinski definition) is 2. The number of fused-ring (bicyclic) bond motifs is 1. The van der Waals surface area contributed by atoms with Gasteiger partial charge in [-0.15, -0.1) is 0 Å². The summed E-state index contributed by atoms with van der Waals surface area (Å²) in [4.78, 5) is 32.5. The molecule has 186 valence electrons. The zero-order valence-corrected chi connectivity index (χ0v) is 21.3. The minimum Gasteiger partial charge on any atom is -0.364 e. The fourth-order valence-corrected chi connectivity index (χ4v) is 6.18. The Bertz CT molecular complexity index is 1630. The van der Waals surface area contributed by atoms with Crippen molar-refractivity contribution in [2.75, 3.05) is 7.05 Å². The molecular weight excluding hydrogens is 530 g/mol. The van der Waals surface area contributed by atoms with Crippen LogP contribution in [0.2, 0.25) is 10.0 Å². The highest BCUT2D eigenvalue weighted by atomic mass is 35.5. The van der Waals surface area contributed by atoms with Gasteiger partial charge in [0.2, 0.25) is 9.84 Å². The Morgan fingerprint density at radius 1 is 1.14 bits per heavy atom. The smallest absolute Gasteiger partial charge is 0.270 e. The molecule has 8 nitrogen and oxygen atoms in total. The molecule has 0 bridgehead atoms. The van der Waals surface area contributed by atoms with Gasteiger partial charge in [-0.3, -0.25) is 14.6 Å². The summed E-state index contributed by atoms with van der Waals surface area (Å²) in [6, 6.07) is 9.81. The van der Waals surface area contributed by atoms with Crippen molar-refractivity contribution in [3.63, 3.8) is 0 Å². The molecule has 4 rings (SSSR count). The van der Waals surface area contributed by atoms with E-state index in [1.54, 1.807) is 30.5 Å². The van der Waals surface area contributed by atoms with E-state index in [-0.39, 0.29) is 22.8 Å². The second-order valence-corrected chi connectivity index (χ2v) is 10.8. The number of carbonyl (C=O) groups excluding carboxylic acids is 2. The molecule has 0 fully saturated rings. The molecule has 0 aliphatic heterocycles. The Hall–Kier alpha value is -3.47. The molecule has 0 saturated heterocycles. The first-order valence-corrected chi connectivity index (χ1v) is 12.7. The molecule has 0 unspecified atom stereocenters. The van der Waals surface area contributed by atoms with Gasteiger partial charge in [0.25, 0.3) is 11.8 Å². The topological polar surface area (TPSA) is 126 Å². The summed E-state index contributed by atoms with van der Waals surface area (Å²) < 4.78 is 40.6. The Morgan fingerprint density at radius 3 is 2.53 bits per heavy atom. The van der Waals surface area contributed by atoms with Crippen LogP contribution < -0.4 is 5.73 Å². The van der Waals surface area contributed by atoms with E-state index in [1.165, 1.54) is 18.9 Å². The van der Waals surface area contributed by atoms with Crippen LogP contribution in [0.1, 0.15) is 32.1 Å². The van der Waals surface area contributed by atoms with Gasteiger partial charge in [0, 0.05) is 30.2 Å². The molecule has 3 N–H and O–H groups in total. The molecule has 0 radical (unpaired) electrons. The van der Waals surface area contributed by atoms with Gasteiger partial charge in [0.05, 0.1) is 15.4 Å². The van der Waals surface area contributed by atoms with Crippen LogP contribution in [0.4, 0.5) is 4.39 Å². The average molecular weight is 549 g/mol. The molecule has 2 aromatic heterocycles. The maximum Gasteiger partial charge on any atom is 0.270 e. The van der Waals surface area contributed by atoms with Crippen molar-refractivity contribution < 1.29 is 22.4 Å². The maximum atomic E-state index is 13.9. The molecule has 4 aromatic rings. The number of nitrogens with one attached hydrogen (secondary N) is 1. The van der Waals surface area contributed by atoms with Crippen LogP contribution >= 0.6 is 23.2 Å². The van der Waals surface area contributed by atoms with E-state index in [2.05, 4.69) is 9.97 Å². The van der Waals surface area contributed by atoms with E-state index in [0.717, 1.165) is 18.2 Å². The number of nitrogens with two attached hydrogens (primary N) is 1. The fourth-order valence-electron chi connectivity index (χ4n) is 3.90. The Kier molecular flexibility index (Phi) is 6.78. The highest BCUT2D eigenvalue weighted by Crippen LogP contribution is 2.32. The quantitative estimate of drug-likeness (QED) is 0.366. The second-order valence-electron chi connectivity index (χ2n) is 8.07. The number of H-pyrrole nitrogens is 1. The molecule has 2 heterocycles. The van der Waals surface area contributed by atoms with Gasteiger partial charge in [-0.1, -0.05) is 29.3 Å². The van der Waals surface area contributed by atoms with Crippen molar-refractivity contribution in [1.29, 1.82) is 0 Å². The summed E-state index contributed by atoms with van der Waals surface area (Å²) >= 11 is 12.4.